The average Bonchev–Trinajstić information content (AvgIpc) is 2.38. The Hall–Kier alpha value is -0.0400. The lowest BCUT2D eigenvalue weighted by Gasteiger charge is -2.47. The highest BCUT2D eigenvalue weighted by Gasteiger charge is 2.41. The average molecular weight is 295 g/mol. The first kappa shape index (κ1) is 17.3. The van der Waals surface area contributed by atoms with Crippen molar-refractivity contribution in [2.75, 3.05) is 0 Å². The van der Waals surface area contributed by atoms with Gasteiger partial charge in [-0.05, 0) is 88.9 Å². The van der Waals surface area contributed by atoms with Crippen molar-refractivity contribution in [3.63, 3.8) is 0 Å². The molecule has 124 valence electrons. The van der Waals surface area contributed by atoms with Crippen LogP contribution in [0.4, 0.5) is 0 Å². The predicted octanol–water partition coefficient (Wildman–Crippen LogP) is 6.21. The fraction of sp³-hybridized carbons (Fsp3) is 1.00. The summed E-state index contributed by atoms with van der Waals surface area (Å²) in [6.07, 6.45) is 10.5. The zero-order valence-corrected chi connectivity index (χ0v) is 15.4. The summed E-state index contributed by atoms with van der Waals surface area (Å²) in [6, 6.07) is 0. The molecule has 0 heterocycles. The van der Waals surface area contributed by atoms with Crippen LogP contribution >= 0.6 is 0 Å². The topological polar surface area (TPSA) is 9.23 Å². The zero-order chi connectivity index (χ0) is 15.7. The number of hydrogen-bond acceptors (Lipinski definition) is 1. The number of hydrogen-bond donors (Lipinski definition) is 0. The molecule has 0 amide bonds. The molecule has 2 aliphatic carbocycles. The molecule has 0 N–H and O–H groups in total. The molecule has 0 atom stereocenters. The second kappa shape index (κ2) is 6.60. The standard InChI is InChI=1S/C20H38O/c1-15(2)17-7-11-19(5,12-8-17)21-20(6)13-9-18(10-14-20)16(3)4/h15-18H,7-14H2,1-6H3. The van der Waals surface area contributed by atoms with Crippen molar-refractivity contribution in [3.8, 4) is 0 Å². The molecule has 21 heavy (non-hydrogen) atoms. The van der Waals surface area contributed by atoms with Gasteiger partial charge in [0.2, 0.25) is 0 Å². The lowest BCUT2D eigenvalue weighted by Crippen LogP contribution is -2.45. The summed E-state index contributed by atoms with van der Waals surface area (Å²) >= 11 is 0. The monoisotopic (exact) mass is 294 g/mol. The zero-order valence-electron chi connectivity index (χ0n) is 15.4. The van der Waals surface area contributed by atoms with E-state index in [0.717, 1.165) is 23.7 Å². The summed E-state index contributed by atoms with van der Waals surface area (Å²) in [5.74, 6) is 3.52. The van der Waals surface area contributed by atoms with Crippen molar-refractivity contribution in [3.05, 3.63) is 0 Å². The third-order valence-electron chi connectivity index (χ3n) is 6.55. The Kier molecular flexibility index (Phi) is 5.45. The second-order valence-electron chi connectivity index (χ2n) is 9.16. The minimum atomic E-state index is 0.144. The van der Waals surface area contributed by atoms with E-state index in [1.165, 1.54) is 51.4 Å². The van der Waals surface area contributed by atoms with Gasteiger partial charge in [0.25, 0.3) is 0 Å². The summed E-state index contributed by atoms with van der Waals surface area (Å²) in [5, 5.41) is 0. The lowest BCUT2D eigenvalue weighted by atomic mass is 9.73. The largest absolute Gasteiger partial charge is 0.369 e. The molecular formula is C20H38O. The summed E-state index contributed by atoms with van der Waals surface area (Å²) in [7, 11) is 0. The highest BCUT2D eigenvalue weighted by molar-refractivity contribution is 4.91. The molecule has 0 aliphatic heterocycles. The Balaban J connectivity index is 1.87. The summed E-state index contributed by atoms with van der Waals surface area (Å²) in [5.41, 5.74) is 0.287. The molecule has 0 bridgehead atoms. The summed E-state index contributed by atoms with van der Waals surface area (Å²) in [6.45, 7) is 14.3. The first-order valence-corrected chi connectivity index (χ1v) is 9.43. The second-order valence-corrected chi connectivity index (χ2v) is 9.16. The molecule has 2 saturated carbocycles. The van der Waals surface area contributed by atoms with E-state index in [2.05, 4.69) is 41.5 Å². The van der Waals surface area contributed by atoms with Gasteiger partial charge in [-0.25, -0.2) is 0 Å². The summed E-state index contributed by atoms with van der Waals surface area (Å²) < 4.78 is 6.76. The van der Waals surface area contributed by atoms with Crippen molar-refractivity contribution in [1.82, 2.24) is 0 Å². The molecule has 2 fully saturated rings. The fourth-order valence-corrected chi connectivity index (χ4v) is 4.63. The lowest BCUT2D eigenvalue weighted by molar-refractivity contribution is -0.177. The van der Waals surface area contributed by atoms with Crippen LogP contribution in [0.25, 0.3) is 0 Å². The van der Waals surface area contributed by atoms with Gasteiger partial charge in [0.15, 0.2) is 0 Å². The molecule has 2 aliphatic rings. The highest BCUT2D eigenvalue weighted by Crippen LogP contribution is 2.45. The van der Waals surface area contributed by atoms with Crippen LogP contribution in [0.5, 0.6) is 0 Å². The van der Waals surface area contributed by atoms with Crippen molar-refractivity contribution in [2.45, 2.75) is 104 Å². The van der Waals surface area contributed by atoms with E-state index in [1.54, 1.807) is 0 Å². The Labute approximate surface area is 133 Å². The van der Waals surface area contributed by atoms with Gasteiger partial charge < -0.3 is 4.74 Å². The quantitative estimate of drug-likeness (QED) is 0.598. The van der Waals surface area contributed by atoms with Gasteiger partial charge in [0.1, 0.15) is 0 Å². The molecule has 0 aromatic carbocycles. The fourth-order valence-electron chi connectivity index (χ4n) is 4.63. The maximum atomic E-state index is 6.76. The first-order chi connectivity index (χ1) is 9.73. The Morgan fingerprint density at radius 1 is 0.667 bits per heavy atom. The Morgan fingerprint density at radius 3 is 1.19 bits per heavy atom. The number of ether oxygens (including phenoxy) is 1. The Morgan fingerprint density at radius 2 is 0.952 bits per heavy atom. The molecule has 1 nitrogen and oxygen atoms in total. The maximum absolute atomic E-state index is 6.76. The van der Waals surface area contributed by atoms with Gasteiger partial charge in [-0.1, -0.05) is 27.7 Å². The van der Waals surface area contributed by atoms with Crippen molar-refractivity contribution >= 4 is 0 Å². The van der Waals surface area contributed by atoms with Gasteiger partial charge >= 0.3 is 0 Å². The molecule has 0 aromatic heterocycles. The van der Waals surface area contributed by atoms with Gasteiger partial charge in [-0.15, -0.1) is 0 Å². The van der Waals surface area contributed by atoms with E-state index in [9.17, 15) is 0 Å². The van der Waals surface area contributed by atoms with E-state index < -0.39 is 0 Å². The predicted molar refractivity (Wildman–Crippen MR) is 91.5 cm³/mol. The van der Waals surface area contributed by atoms with Crippen LogP contribution in [0.3, 0.4) is 0 Å². The minimum absolute atomic E-state index is 0.144. The smallest absolute Gasteiger partial charge is 0.0662 e. The van der Waals surface area contributed by atoms with Gasteiger partial charge in [0, 0.05) is 0 Å². The van der Waals surface area contributed by atoms with E-state index >= 15 is 0 Å². The normalized spacial score (nSPS) is 41.7. The third-order valence-corrected chi connectivity index (χ3v) is 6.55. The van der Waals surface area contributed by atoms with Crippen LogP contribution in [0.15, 0.2) is 0 Å². The van der Waals surface area contributed by atoms with Crippen molar-refractivity contribution < 1.29 is 4.74 Å². The molecule has 0 unspecified atom stereocenters. The molecule has 2 rings (SSSR count). The maximum Gasteiger partial charge on any atom is 0.0662 e. The SMILES string of the molecule is CC(C)C1CCC(C)(OC2(C)CCC(C(C)C)CC2)CC1. The first-order valence-electron chi connectivity index (χ1n) is 9.43. The van der Waals surface area contributed by atoms with Gasteiger partial charge in [-0.2, -0.15) is 0 Å². The van der Waals surface area contributed by atoms with Crippen LogP contribution in [0.1, 0.15) is 92.9 Å². The Bertz CT molecular complexity index is 283. The van der Waals surface area contributed by atoms with Crippen LogP contribution in [0, 0.1) is 23.7 Å². The van der Waals surface area contributed by atoms with Crippen LogP contribution in [0.2, 0.25) is 0 Å². The molecule has 0 saturated heterocycles. The van der Waals surface area contributed by atoms with E-state index in [-0.39, 0.29) is 11.2 Å². The van der Waals surface area contributed by atoms with Crippen molar-refractivity contribution in [2.24, 2.45) is 23.7 Å². The molecule has 0 aromatic rings. The third kappa shape index (κ3) is 4.47. The van der Waals surface area contributed by atoms with Crippen LogP contribution < -0.4 is 0 Å². The summed E-state index contributed by atoms with van der Waals surface area (Å²) in [4.78, 5) is 0. The molecular weight excluding hydrogens is 256 g/mol. The molecule has 0 radical (unpaired) electrons. The number of rotatable bonds is 4. The highest BCUT2D eigenvalue weighted by atomic mass is 16.5. The molecule has 0 spiro atoms. The minimum Gasteiger partial charge on any atom is -0.369 e. The van der Waals surface area contributed by atoms with Gasteiger partial charge in [-0.3, -0.25) is 0 Å². The van der Waals surface area contributed by atoms with Crippen LogP contribution in [-0.4, -0.2) is 11.2 Å². The van der Waals surface area contributed by atoms with Crippen molar-refractivity contribution in [1.29, 1.82) is 0 Å². The molecule has 1 heteroatoms. The van der Waals surface area contributed by atoms with E-state index in [4.69, 9.17) is 4.74 Å². The van der Waals surface area contributed by atoms with Gasteiger partial charge in [0.05, 0.1) is 11.2 Å². The van der Waals surface area contributed by atoms with E-state index in [0.29, 0.717) is 0 Å². The van der Waals surface area contributed by atoms with E-state index in [1.807, 2.05) is 0 Å². The van der Waals surface area contributed by atoms with Crippen LogP contribution in [-0.2, 0) is 4.74 Å².